The minimum atomic E-state index is 0.228. The monoisotopic (exact) mass is 100 g/mol. The van der Waals surface area contributed by atoms with Gasteiger partial charge in [0, 0.05) is 0 Å². The number of rotatable bonds is 3. The van der Waals surface area contributed by atoms with Crippen LogP contribution < -0.4 is 0 Å². The van der Waals surface area contributed by atoms with Gasteiger partial charge in [-0.3, -0.25) is 5.26 Å². The van der Waals surface area contributed by atoms with Gasteiger partial charge in [-0.15, -0.1) is 0 Å². The van der Waals surface area contributed by atoms with Gasteiger partial charge in [0.25, 0.3) is 0 Å². The highest BCUT2D eigenvalue weighted by Crippen LogP contribution is 1.71. The van der Waals surface area contributed by atoms with Crippen molar-refractivity contribution in [3.63, 3.8) is 0 Å². The summed E-state index contributed by atoms with van der Waals surface area (Å²) in [5.41, 5.74) is 0. The summed E-state index contributed by atoms with van der Waals surface area (Å²) in [7, 11) is 0. The Morgan fingerprint density at radius 3 is 2.86 bits per heavy atom. The van der Waals surface area contributed by atoms with Crippen molar-refractivity contribution in [1.29, 1.82) is 0 Å². The van der Waals surface area contributed by atoms with Crippen LogP contribution in [-0.2, 0) is 4.89 Å². The average Bonchev–Trinajstić information content (AvgIpc) is 1.69. The molecule has 2 nitrogen and oxygen atoms in total. The molecule has 0 saturated heterocycles. The zero-order valence-electron chi connectivity index (χ0n) is 4.00. The van der Waals surface area contributed by atoms with E-state index in [-0.39, 0.29) is 6.61 Å². The van der Waals surface area contributed by atoms with Gasteiger partial charge in [0.1, 0.15) is 6.61 Å². The van der Waals surface area contributed by atoms with Crippen LogP contribution in [0.25, 0.3) is 0 Å². The molecule has 0 atom stereocenters. The van der Waals surface area contributed by atoms with E-state index < -0.39 is 0 Å². The van der Waals surface area contributed by atoms with E-state index >= 15 is 0 Å². The fourth-order valence-electron chi connectivity index (χ4n) is 0.195. The van der Waals surface area contributed by atoms with E-state index in [0.29, 0.717) is 0 Å². The molecule has 0 aliphatic rings. The Kier molecular flexibility index (Phi) is 4.94. The lowest BCUT2D eigenvalue weighted by molar-refractivity contribution is -0.231. The van der Waals surface area contributed by atoms with Crippen LogP contribution in [0.5, 0.6) is 0 Å². The van der Waals surface area contributed by atoms with Crippen molar-refractivity contribution >= 4 is 0 Å². The second kappa shape index (κ2) is 5.40. The standard InChI is InChI=1S/C5H8O2/c1-2-3-4-5-7-6/h2-4,6H,1,5H2/b4-3-. The third-order valence-electron chi connectivity index (χ3n) is 0.443. The highest BCUT2D eigenvalue weighted by atomic mass is 17.1. The Morgan fingerprint density at radius 1 is 1.71 bits per heavy atom. The largest absolute Gasteiger partial charge is 0.252 e. The van der Waals surface area contributed by atoms with Crippen LogP contribution >= 0.6 is 0 Å². The van der Waals surface area contributed by atoms with Crippen LogP contribution in [0.15, 0.2) is 24.8 Å². The number of allylic oxidation sites excluding steroid dienone is 2. The first-order valence-corrected chi connectivity index (χ1v) is 1.95. The van der Waals surface area contributed by atoms with Gasteiger partial charge < -0.3 is 0 Å². The summed E-state index contributed by atoms with van der Waals surface area (Å²) in [6.45, 7) is 3.64. The quantitative estimate of drug-likeness (QED) is 0.328. The van der Waals surface area contributed by atoms with Gasteiger partial charge in [-0.2, -0.15) is 0 Å². The molecule has 0 radical (unpaired) electrons. The molecule has 2 heteroatoms. The van der Waals surface area contributed by atoms with Crippen LogP contribution in [0.2, 0.25) is 0 Å². The van der Waals surface area contributed by atoms with Crippen LogP contribution in [-0.4, -0.2) is 11.9 Å². The van der Waals surface area contributed by atoms with E-state index in [1.807, 2.05) is 0 Å². The maximum absolute atomic E-state index is 7.71. The van der Waals surface area contributed by atoms with Crippen molar-refractivity contribution in [2.75, 3.05) is 6.61 Å². The average molecular weight is 100 g/mol. The molecule has 0 aromatic rings. The van der Waals surface area contributed by atoms with Crippen LogP contribution in [0.1, 0.15) is 0 Å². The van der Waals surface area contributed by atoms with Crippen LogP contribution in [0, 0.1) is 0 Å². The summed E-state index contributed by atoms with van der Waals surface area (Å²) < 4.78 is 0. The zero-order chi connectivity index (χ0) is 5.54. The predicted octanol–water partition coefficient (Wildman–Crippen LogP) is 1.22. The molecule has 0 rings (SSSR count). The van der Waals surface area contributed by atoms with Crippen molar-refractivity contribution in [3.05, 3.63) is 24.8 Å². The van der Waals surface area contributed by atoms with Crippen molar-refractivity contribution in [2.45, 2.75) is 0 Å². The smallest absolute Gasteiger partial charge is 0.100 e. The van der Waals surface area contributed by atoms with Crippen LogP contribution in [0.4, 0.5) is 0 Å². The first-order chi connectivity index (χ1) is 3.41. The third-order valence-corrected chi connectivity index (χ3v) is 0.443. The Labute approximate surface area is 42.7 Å². The Bertz CT molecular complexity index is 66.5. The molecular weight excluding hydrogens is 92.1 g/mol. The maximum atomic E-state index is 7.71. The molecule has 0 bridgehead atoms. The molecule has 0 spiro atoms. The van der Waals surface area contributed by atoms with E-state index in [2.05, 4.69) is 11.5 Å². The summed E-state index contributed by atoms with van der Waals surface area (Å²) >= 11 is 0. The van der Waals surface area contributed by atoms with Gasteiger partial charge in [0.15, 0.2) is 0 Å². The maximum Gasteiger partial charge on any atom is 0.100 e. The topological polar surface area (TPSA) is 29.5 Å². The first kappa shape index (κ1) is 6.40. The lowest BCUT2D eigenvalue weighted by Gasteiger charge is -1.79. The van der Waals surface area contributed by atoms with Gasteiger partial charge in [-0.05, 0) is 0 Å². The van der Waals surface area contributed by atoms with Crippen molar-refractivity contribution in [1.82, 2.24) is 0 Å². The molecule has 0 amide bonds. The summed E-state index contributed by atoms with van der Waals surface area (Å²) in [5, 5.41) is 7.71. The second-order valence-electron chi connectivity index (χ2n) is 0.960. The fourth-order valence-corrected chi connectivity index (χ4v) is 0.195. The van der Waals surface area contributed by atoms with E-state index in [9.17, 15) is 0 Å². The first-order valence-electron chi connectivity index (χ1n) is 1.95. The molecule has 0 saturated carbocycles. The Hall–Kier alpha value is -0.600. The molecule has 0 fully saturated rings. The zero-order valence-corrected chi connectivity index (χ0v) is 4.00. The van der Waals surface area contributed by atoms with E-state index in [0.717, 1.165) is 0 Å². The normalized spacial score (nSPS) is 9.86. The van der Waals surface area contributed by atoms with Gasteiger partial charge >= 0.3 is 0 Å². The molecule has 0 heterocycles. The highest BCUT2D eigenvalue weighted by Gasteiger charge is 1.66. The SMILES string of the molecule is C=C/C=C\COO. The van der Waals surface area contributed by atoms with Crippen LogP contribution in [0.3, 0.4) is 0 Å². The van der Waals surface area contributed by atoms with E-state index in [1.165, 1.54) is 0 Å². The third kappa shape index (κ3) is 5.40. The summed E-state index contributed by atoms with van der Waals surface area (Å²) in [6.07, 6.45) is 4.95. The summed E-state index contributed by atoms with van der Waals surface area (Å²) in [6, 6.07) is 0. The summed E-state index contributed by atoms with van der Waals surface area (Å²) in [4.78, 5) is 3.71. The summed E-state index contributed by atoms with van der Waals surface area (Å²) in [5.74, 6) is 0. The Morgan fingerprint density at radius 2 is 2.43 bits per heavy atom. The molecule has 0 aromatic carbocycles. The minimum Gasteiger partial charge on any atom is -0.252 e. The van der Waals surface area contributed by atoms with Crippen molar-refractivity contribution in [2.24, 2.45) is 0 Å². The van der Waals surface area contributed by atoms with Gasteiger partial charge in [-0.1, -0.05) is 24.8 Å². The second-order valence-corrected chi connectivity index (χ2v) is 0.960. The van der Waals surface area contributed by atoms with Gasteiger partial charge in [-0.25, -0.2) is 4.89 Å². The van der Waals surface area contributed by atoms with E-state index in [1.54, 1.807) is 18.2 Å². The fraction of sp³-hybridized carbons (Fsp3) is 0.200. The molecule has 1 N–H and O–H groups in total. The molecular formula is C5H8O2. The number of hydrogen-bond acceptors (Lipinski definition) is 2. The van der Waals surface area contributed by atoms with E-state index in [4.69, 9.17) is 5.26 Å². The molecule has 40 valence electrons. The lowest BCUT2D eigenvalue weighted by Crippen LogP contribution is -1.79. The number of hydrogen-bond donors (Lipinski definition) is 1. The molecule has 0 unspecified atom stereocenters. The molecule has 0 aliphatic carbocycles. The van der Waals surface area contributed by atoms with Crippen molar-refractivity contribution in [3.8, 4) is 0 Å². The molecule has 7 heavy (non-hydrogen) atoms. The van der Waals surface area contributed by atoms with Crippen molar-refractivity contribution < 1.29 is 10.1 Å². The molecule has 0 aromatic heterocycles. The molecule has 0 aliphatic heterocycles. The highest BCUT2D eigenvalue weighted by molar-refractivity contribution is 4.96. The van der Waals surface area contributed by atoms with Gasteiger partial charge in [0.05, 0.1) is 0 Å². The Balaban J connectivity index is 2.92. The predicted molar refractivity (Wildman–Crippen MR) is 27.9 cm³/mol. The minimum absolute atomic E-state index is 0.228. The lowest BCUT2D eigenvalue weighted by atomic mass is 10.5. The van der Waals surface area contributed by atoms with Gasteiger partial charge in [0.2, 0.25) is 0 Å².